The van der Waals surface area contributed by atoms with Crippen LogP contribution < -0.4 is 5.56 Å². The molecule has 0 aliphatic carbocycles. The molecule has 0 amide bonds. The number of aromatic nitrogens is 2. The maximum atomic E-state index is 12.7. The molecule has 0 bridgehead atoms. The first-order valence-electron chi connectivity index (χ1n) is 4.81. The Morgan fingerprint density at radius 3 is 2.28 bits per heavy atom. The molecule has 0 spiro atoms. The quantitative estimate of drug-likeness (QED) is 0.799. The Morgan fingerprint density at radius 1 is 1.11 bits per heavy atom. The fraction of sp³-hybridized carbons (Fsp3) is 0.0909. The summed E-state index contributed by atoms with van der Waals surface area (Å²) < 4.78 is 50.8. The largest absolute Gasteiger partial charge is 0.435 e. The molecule has 2 aromatic rings. The first-order valence-corrected chi connectivity index (χ1v) is 4.81. The van der Waals surface area contributed by atoms with Gasteiger partial charge in [-0.1, -0.05) is 12.1 Å². The molecule has 0 saturated heterocycles. The van der Waals surface area contributed by atoms with Crippen molar-refractivity contribution in [3.8, 4) is 11.1 Å². The summed E-state index contributed by atoms with van der Waals surface area (Å²) in [5.74, 6) is -0.579. The number of aromatic amines is 1. The van der Waals surface area contributed by atoms with Gasteiger partial charge in [-0.2, -0.15) is 18.3 Å². The van der Waals surface area contributed by atoms with Crippen molar-refractivity contribution in [2.24, 2.45) is 0 Å². The molecule has 1 N–H and O–H groups in total. The normalized spacial score (nSPS) is 11.6. The molecule has 0 saturated carbocycles. The maximum Gasteiger partial charge on any atom is 0.435 e. The smallest absolute Gasteiger partial charge is 0.268 e. The average Bonchev–Trinajstić information content (AvgIpc) is 2.28. The topological polar surface area (TPSA) is 45.8 Å². The highest BCUT2D eigenvalue weighted by Crippen LogP contribution is 2.34. The Balaban J connectivity index is 2.65. The van der Waals surface area contributed by atoms with Crippen LogP contribution in [0.5, 0.6) is 0 Å². The minimum absolute atomic E-state index is 0.0716. The van der Waals surface area contributed by atoms with Gasteiger partial charge in [0.2, 0.25) is 0 Å². The number of alkyl halides is 3. The Kier molecular flexibility index (Phi) is 2.90. The van der Waals surface area contributed by atoms with Gasteiger partial charge in [-0.25, -0.2) is 9.49 Å². The second kappa shape index (κ2) is 4.25. The Bertz CT molecular complexity index is 616. The van der Waals surface area contributed by atoms with Gasteiger partial charge in [-0.05, 0) is 17.7 Å². The molecular weight excluding hydrogens is 252 g/mol. The third kappa shape index (κ3) is 2.39. The first-order chi connectivity index (χ1) is 8.38. The van der Waals surface area contributed by atoms with Crippen LogP contribution in [0.2, 0.25) is 0 Å². The number of halogens is 4. The Labute approximate surface area is 98.1 Å². The lowest BCUT2D eigenvalue weighted by atomic mass is 10.0. The van der Waals surface area contributed by atoms with E-state index in [2.05, 4.69) is 5.10 Å². The fourth-order valence-electron chi connectivity index (χ4n) is 1.47. The van der Waals surface area contributed by atoms with Gasteiger partial charge in [0.15, 0.2) is 5.69 Å². The summed E-state index contributed by atoms with van der Waals surface area (Å²) in [4.78, 5) is 11.1. The summed E-state index contributed by atoms with van der Waals surface area (Å²) in [5.41, 5.74) is -2.29. The molecule has 1 aromatic carbocycles. The fourth-order valence-corrected chi connectivity index (χ4v) is 1.47. The van der Waals surface area contributed by atoms with Crippen molar-refractivity contribution >= 4 is 0 Å². The van der Waals surface area contributed by atoms with Gasteiger partial charge in [0.1, 0.15) is 5.82 Å². The second-order valence-corrected chi connectivity index (χ2v) is 3.50. The van der Waals surface area contributed by atoms with Gasteiger partial charge in [-0.3, -0.25) is 4.79 Å². The first kappa shape index (κ1) is 12.3. The average molecular weight is 258 g/mol. The number of H-pyrrole nitrogens is 1. The van der Waals surface area contributed by atoms with Gasteiger partial charge in [0, 0.05) is 11.6 Å². The molecule has 0 aliphatic rings. The molecule has 1 aromatic heterocycles. The molecule has 0 atom stereocenters. The van der Waals surface area contributed by atoms with E-state index in [4.69, 9.17) is 0 Å². The lowest BCUT2D eigenvalue weighted by Gasteiger charge is -2.10. The van der Waals surface area contributed by atoms with E-state index < -0.39 is 23.2 Å². The summed E-state index contributed by atoms with van der Waals surface area (Å²) in [6.45, 7) is 0. The van der Waals surface area contributed by atoms with E-state index in [0.717, 1.165) is 30.3 Å². The zero-order valence-corrected chi connectivity index (χ0v) is 8.75. The minimum Gasteiger partial charge on any atom is -0.268 e. The zero-order chi connectivity index (χ0) is 13.3. The number of rotatable bonds is 1. The van der Waals surface area contributed by atoms with E-state index in [9.17, 15) is 22.4 Å². The molecule has 94 valence electrons. The zero-order valence-electron chi connectivity index (χ0n) is 8.75. The van der Waals surface area contributed by atoms with Crippen LogP contribution in [0.3, 0.4) is 0 Å². The number of nitrogens with one attached hydrogen (secondary N) is 1. The molecule has 7 heteroatoms. The Hall–Kier alpha value is -2.18. The van der Waals surface area contributed by atoms with Gasteiger partial charge >= 0.3 is 6.18 Å². The van der Waals surface area contributed by atoms with Crippen molar-refractivity contribution in [1.82, 2.24) is 10.2 Å². The van der Waals surface area contributed by atoms with Crippen molar-refractivity contribution in [3.63, 3.8) is 0 Å². The van der Waals surface area contributed by atoms with Crippen LogP contribution in [-0.2, 0) is 6.18 Å². The van der Waals surface area contributed by atoms with Crippen LogP contribution in [-0.4, -0.2) is 10.2 Å². The predicted molar refractivity (Wildman–Crippen MR) is 55.3 cm³/mol. The molecule has 3 nitrogen and oxygen atoms in total. The van der Waals surface area contributed by atoms with Gasteiger partial charge in [0.05, 0.1) is 0 Å². The highest BCUT2D eigenvalue weighted by atomic mass is 19.4. The van der Waals surface area contributed by atoms with Crippen molar-refractivity contribution in [2.75, 3.05) is 0 Å². The predicted octanol–water partition coefficient (Wildman–Crippen LogP) is 2.59. The molecule has 18 heavy (non-hydrogen) atoms. The summed E-state index contributed by atoms with van der Waals surface area (Å²) in [6, 6.07) is 5.11. The molecule has 2 rings (SSSR count). The van der Waals surface area contributed by atoms with Crippen LogP contribution in [0.1, 0.15) is 5.69 Å². The summed E-state index contributed by atoms with van der Waals surface area (Å²) in [6.07, 6.45) is -4.70. The molecule has 0 aliphatic heterocycles. The van der Waals surface area contributed by atoms with Crippen molar-refractivity contribution < 1.29 is 17.6 Å². The van der Waals surface area contributed by atoms with Crippen LogP contribution >= 0.6 is 0 Å². The monoisotopic (exact) mass is 258 g/mol. The van der Waals surface area contributed by atoms with Crippen LogP contribution in [0, 0.1) is 5.82 Å². The van der Waals surface area contributed by atoms with Gasteiger partial charge in [-0.15, -0.1) is 0 Å². The molecule has 0 fully saturated rings. The highest BCUT2D eigenvalue weighted by Gasteiger charge is 2.36. The molecule has 0 unspecified atom stereocenters. The Morgan fingerprint density at radius 2 is 1.72 bits per heavy atom. The van der Waals surface area contributed by atoms with E-state index in [-0.39, 0.29) is 11.1 Å². The van der Waals surface area contributed by atoms with Crippen molar-refractivity contribution in [1.29, 1.82) is 0 Å². The molecular formula is C11H6F4N2O. The minimum atomic E-state index is -4.70. The van der Waals surface area contributed by atoms with Crippen LogP contribution in [0.4, 0.5) is 17.6 Å². The lowest BCUT2D eigenvalue weighted by Crippen LogP contribution is -2.17. The third-order valence-corrected chi connectivity index (χ3v) is 2.23. The van der Waals surface area contributed by atoms with Crippen molar-refractivity contribution in [3.05, 3.63) is 52.2 Å². The number of benzene rings is 1. The van der Waals surface area contributed by atoms with Crippen molar-refractivity contribution in [2.45, 2.75) is 6.18 Å². The number of nitrogens with zero attached hydrogens (tertiary/aromatic N) is 1. The lowest BCUT2D eigenvalue weighted by molar-refractivity contribution is -0.141. The van der Waals surface area contributed by atoms with Gasteiger partial charge in [0.25, 0.3) is 5.56 Å². The van der Waals surface area contributed by atoms with E-state index in [0.29, 0.717) is 0 Å². The third-order valence-electron chi connectivity index (χ3n) is 2.23. The van der Waals surface area contributed by atoms with Crippen LogP contribution in [0.15, 0.2) is 35.1 Å². The number of hydrogen-bond acceptors (Lipinski definition) is 2. The van der Waals surface area contributed by atoms with E-state index in [1.807, 2.05) is 0 Å². The standard InChI is InChI=1S/C11H6F4N2O/c12-7-3-1-6(2-4-7)8-5-9(18)16-17-10(8)11(13,14)15/h1-5H,(H,16,18). The summed E-state index contributed by atoms with van der Waals surface area (Å²) >= 11 is 0. The maximum absolute atomic E-state index is 12.7. The SMILES string of the molecule is O=c1cc(-c2ccc(F)cc2)c(C(F)(F)F)n[nH]1. The van der Waals surface area contributed by atoms with E-state index in [1.54, 1.807) is 5.10 Å². The molecule has 0 radical (unpaired) electrons. The second-order valence-electron chi connectivity index (χ2n) is 3.50. The van der Waals surface area contributed by atoms with Crippen LogP contribution in [0.25, 0.3) is 11.1 Å². The van der Waals surface area contributed by atoms with E-state index >= 15 is 0 Å². The summed E-state index contributed by atoms with van der Waals surface area (Å²) in [7, 11) is 0. The van der Waals surface area contributed by atoms with Gasteiger partial charge < -0.3 is 0 Å². The highest BCUT2D eigenvalue weighted by molar-refractivity contribution is 5.65. The molecule has 1 heterocycles. The summed E-state index contributed by atoms with van der Waals surface area (Å²) in [5, 5.41) is 4.72. The number of hydrogen-bond donors (Lipinski definition) is 1. The van der Waals surface area contributed by atoms with E-state index in [1.165, 1.54) is 0 Å².